The molecule has 106 valence electrons. The first-order valence-corrected chi connectivity index (χ1v) is 7.54. The van der Waals surface area contributed by atoms with E-state index in [1.807, 2.05) is 18.2 Å². The molecule has 6 heteroatoms. The molecule has 0 spiro atoms. The van der Waals surface area contributed by atoms with Gasteiger partial charge in [0.05, 0.1) is 17.7 Å². The van der Waals surface area contributed by atoms with Crippen molar-refractivity contribution in [2.24, 2.45) is 5.92 Å². The van der Waals surface area contributed by atoms with Crippen LogP contribution < -0.4 is 15.4 Å². The largest absolute Gasteiger partial charge is 0.494 e. The van der Waals surface area contributed by atoms with Crippen molar-refractivity contribution in [2.45, 2.75) is 12.8 Å². The summed E-state index contributed by atoms with van der Waals surface area (Å²) >= 11 is 1.48. The van der Waals surface area contributed by atoms with E-state index < -0.39 is 0 Å². The summed E-state index contributed by atoms with van der Waals surface area (Å²) in [7, 11) is 1.63. The molecule has 2 aromatic rings. The van der Waals surface area contributed by atoms with E-state index in [2.05, 4.69) is 15.6 Å². The van der Waals surface area contributed by atoms with Gasteiger partial charge in [-0.1, -0.05) is 17.4 Å². The summed E-state index contributed by atoms with van der Waals surface area (Å²) in [5.74, 6) is 0.825. The Morgan fingerprint density at radius 2 is 2.45 bits per heavy atom. The second-order valence-electron chi connectivity index (χ2n) is 4.86. The van der Waals surface area contributed by atoms with Crippen LogP contribution in [0, 0.1) is 5.92 Å². The van der Waals surface area contributed by atoms with Crippen molar-refractivity contribution in [3.05, 3.63) is 18.2 Å². The number of aromatic nitrogens is 1. The van der Waals surface area contributed by atoms with Gasteiger partial charge in [-0.15, -0.1) is 0 Å². The van der Waals surface area contributed by atoms with Crippen LogP contribution in [0.2, 0.25) is 0 Å². The molecule has 0 saturated carbocycles. The number of ether oxygens (including phenoxy) is 1. The zero-order valence-electron chi connectivity index (χ0n) is 11.3. The van der Waals surface area contributed by atoms with Gasteiger partial charge < -0.3 is 15.4 Å². The Hall–Kier alpha value is -1.66. The lowest BCUT2D eigenvalue weighted by Gasteiger charge is -2.21. The molecule has 20 heavy (non-hydrogen) atoms. The summed E-state index contributed by atoms with van der Waals surface area (Å²) in [4.78, 5) is 16.6. The van der Waals surface area contributed by atoms with E-state index in [0.717, 1.165) is 41.9 Å². The molecule has 1 amide bonds. The molecule has 1 aliphatic rings. The summed E-state index contributed by atoms with van der Waals surface area (Å²) < 4.78 is 6.30. The number of thiazole rings is 1. The van der Waals surface area contributed by atoms with Crippen molar-refractivity contribution < 1.29 is 9.53 Å². The molecule has 0 radical (unpaired) electrons. The number of carbonyl (C=O) groups excluding carboxylic acids is 1. The number of benzene rings is 1. The highest BCUT2D eigenvalue weighted by atomic mass is 32.1. The number of amides is 1. The molecule has 1 aromatic heterocycles. The summed E-state index contributed by atoms with van der Waals surface area (Å²) in [6.45, 7) is 1.75. The molecule has 2 heterocycles. The molecule has 0 bridgehead atoms. The average Bonchev–Trinajstić information content (AvgIpc) is 2.90. The van der Waals surface area contributed by atoms with Crippen LogP contribution in [-0.2, 0) is 4.79 Å². The van der Waals surface area contributed by atoms with Gasteiger partial charge in [0.1, 0.15) is 11.3 Å². The van der Waals surface area contributed by atoms with Crippen LogP contribution in [0.3, 0.4) is 0 Å². The minimum Gasteiger partial charge on any atom is -0.494 e. The first kappa shape index (κ1) is 13.3. The van der Waals surface area contributed by atoms with Gasteiger partial charge in [-0.05, 0) is 31.5 Å². The molecule has 3 rings (SSSR count). The Kier molecular flexibility index (Phi) is 3.84. The molecule has 1 fully saturated rings. The summed E-state index contributed by atoms with van der Waals surface area (Å²) in [6, 6.07) is 5.78. The normalized spacial score (nSPS) is 18.9. The molecular weight excluding hydrogens is 274 g/mol. The lowest BCUT2D eigenvalue weighted by molar-refractivity contribution is -0.120. The number of anilines is 1. The third-order valence-corrected chi connectivity index (χ3v) is 4.44. The van der Waals surface area contributed by atoms with Crippen LogP contribution in [0.4, 0.5) is 5.13 Å². The number of piperidine rings is 1. The number of hydrogen-bond donors (Lipinski definition) is 2. The molecule has 5 nitrogen and oxygen atoms in total. The van der Waals surface area contributed by atoms with E-state index in [1.165, 1.54) is 11.3 Å². The van der Waals surface area contributed by atoms with Crippen molar-refractivity contribution in [2.75, 3.05) is 25.5 Å². The molecule has 1 aliphatic heterocycles. The SMILES string of the molecule is COc1cccc2sc(NC(=O)C3CCCNC3)nc12. The van der Waals surface area contributed by atoms with Crippen LogP contribution in [0.25, 0.3) is 10.2 Å². The third kappa shape index (κ3) is 2.62. The molecule has 1 aromatic carbocycles. The van der Waals surface area contributed by atoms with Crippen LogP contribution in [0.15, 0.2) is 18.2 Å². The van der Waals surface area contributed by atoms with Gasteiger partial charge in [0.2, 0.25) is 5.91 Å². The predicted molar refractivity (Wildman–Crippen MR) is 80.4 cm³/mol. The van der Waals surface area contributed by atoms with E-state index in [1.54, 1.807) is 7.11 Å². The fraction of sp³-hybridized carbons (Fsp3) is 0.429. The topological polar surface area (TPSA) is 63.2 Å². The summed E-state index contributed by atoms with van der Waals surface area (Å²) in [6.07, 6.45) is 1.98. The zero-order valence-corrected chi connectivity index (χ0v) is 12.1. The summed E-state index contributed by atoms with van der Waals surface area (Å²) in [5, 5.41) is 6.81. The van der Waals surface area contributed by atoms with Crippen molar-refractivity contribution in [1.29, 1.82) is 0 Å². The van der Waals surface area contributed by atoms with Crippen molar-refractivity contribution in [3.8, 4) is 5.75 Å². The monoisotopic (exact) mass is 291 g/mol. The van der Waals surface area contributed by atoms with Crippen LogP contribution in [0.5, 0.6) is 5.75 Å². The number of carbonyl (C=O) groups is 1. The second-order valence-corrected chi connectivity index (χ2v) is 5.89. The molecular formula is C14H17N3O2S. The molecule has 1 atom stereocenters. The average molecular weight is 291 g/mol. The van der Waals surface area contributed by atoms with Crippen molar-refractivity contribution >= 4 is 32.6 Å². The predicted octanol–water partition coefficient (Wildman–Crippen LogP) is 2.24. The number of fused-ring (bicyclic) bond motifs is 1. The first-order valence-electron chi connectivity index (χ1n) is 6.73. The van der Waals surface area contributed by atoms with Gasteiger partial charge in [0, 0.05) is 6.54 Å². The van der Waals surface area contributed by atoms with E-state index in [0.29, 0.717) is 5.13 Å². The Morgan fingerprint density at radius 1 is 1.55 bits per heavy atom. The Balaban J connectivity index is 1.78. The first-order chi connectivity index (χ1) is 9.78. The molecule has 1 unspecified atom stereocenters. The van der Waals surface area contributed by atoms with Crippen LogP contribution in [-0.4, -0.2) is 31.1 Å². The minimum absolute atomic E-state index is 0.0395. The quantitative estimate of drug-likeness (QED) is 0.910. The van der Waals surface area contributed by atoms with Gasteiger partial charge in [-0.2, -0.15) is 0 Å². The molecule has 0 aliphatic carbocycles. The number of hydrogen-bond acceptors (Lipinski definition) is 5. The van der Waals surface area contributed by atoms with Gasteiger partial charge in [0.15, 0.2) is 5.13 Å². The fourth-order valence-corrected chi connectivity index (χ4v) is 3.31. The Bertz CT molecular complexity index is 620. The van der Waals surface area contributed by atoms with Crippen LogP contribution >= 0.6 is 11.3 Å². The fourth-order valence-electron chi connectivity index (χ4n) is 2.42. The zero-order chi connectivity index (χ0) is 13.9. The number of para-hydroxylation sites is 1. The number of nitrogens with one attached hydrogen (secondary N) is 2. The smallest absolute Gasteiger partial charge is 0.230 e. The molecule has 1 saturated heterocycles. The number of rotatable bonds is 3. The van der Waals surface area contributed by atoms with E-state index >= 15 is 0 Å². The maximum absolute atomic E-state index is 12.2. The second kappa shape index (κ2) is 5.76. The van der Waals surface area contributed by atoms with Crippen LogP contribution in [0.1, 0.15) is 12.8 Å². The Morgan fingerprint density at radius 3 is 3.20 bits per heavy atom. The minimum atomic E-state index is 0.0395. The van der Waals surface area contributed by atoms with Gasteiger partial charge in [-0.3, -0.25) is 4.79 Å². The van der Waals surface area contributed by atoms with Gasteiger partial charge >= 0.3 is 0 Å². The summed E-state index contributed by atoms with van der Waals surface area (Å²) in [5.41, 5.74) is 0.803. The maximum atomic E-state index is 12.2. The van der Waals surface area contributed by atoms with Crippen molar-refractivity contribution in [3.63, 3.8) is 0 Å². The maximum Gasteiger partial charge on any atom is 0.230 e. The van der Waals surface area contributed by atoms with E-state index in [9.17, 15) is 4.79 Å². The van der Waals surface area contributed by atoms with Gasteiger partial charge in [0.25, 0.3) is 0 Å². The highest BCUT2D eigenvalue weighted by Crippen LogP contribution is 2.32. The van der Waals surface area contributed by atoms with E-state index in [-0.39, 0.29) is 11.8 Å². The number of nitrogens with zero attached hydrogens (tertiary/aromatic N) is 1. The van der Waals surface area contributed by atoms with E-state index in [4.69, 9.17) is 4.74 Å². The Labute approximate surface area is 121 Å². The standard InChI is InChI=1S/C14H17N3O2S/c1-19-10-5-2-6-11-12(10)16-14(20-11)17-13(18)9-4-3-7-15-8-9/h2,5-6,9,15H,3-4,7-8H2,1H3,(H,16,17,18). The highest BCUT2D eigenvalue weighted by Gasteiger charge is 2.22. The molecule has 2 N–H and O–H groups in total. The third-order valence-electron chi connectivity index (χ3n) is 3.50. The number of methoxy groups -OCH3 is 1. The lowest BCUT2D eigenvalue weighted by atomic mass is 9.99. The van der Waals surface area contributed by atoms with Gasteiger partial charge in [-0.25, -0.2) is 4.98 Å². The lowest BCUT2D eigenvalue weighted by Crippen LogP contribution is -2.37. The van der Waals surface area contributed by atoms with Crippen molar-refractivity contribution in [1.82, 2.24) is 10.3 Å². The highest BCUT2D eigenvalue weighted by molar-refractivity contribution is 7.22.